The van der Waals surface area contributed by atoms with Crippen molar-refractivity contribution in [1.82, 2.24) is 20.1 Å². The summed E-state index contributed by atoms with van der Waals surface area (Å²) >= 11 is 0. The number of ether oxygens (including phenoxy) is 1. The van der Waals surface area contributed by atoms with Crippen molar-refractivity contribution in [1.29, 1.82) is 0 Å². The van der Waals surface area contributed by atoms with Gasteiger partial charge in [0, 0.05) is 26.1 Å². The van der Waals surface area contributed by atoms with Crippen LogP contribution in [0, 0.1) is 0 Å². The summed E-state index contributed by atoms with van der Waals surface area (Å²) in [6.45, 7) is 3.83. The standard InChI is InChI=1S/C11H22N4O/c1-4-7-15-11(13-9-14-15)6-5-10(12-2)8-16-3/h9-10,12H,4-8H2,1-3H3. The molecule has 0 saturated heterocycles. The Morgan fingerprint density at radius 1 is 1.56 bits per heavy atom. The summed E-state index contributed by atoms with van der Waals surface area (Å²) in [4.78, 5) is 4.28. The van der Waals surface area contributed by atoms with Crippen molar-refractivity contribution >= 4 is 0 Å². The third-order valence-corrected chi connectivity index (χ3v) is 2.62. The van der Waals surface area contributed by atoms with E-state index in [1.807, 2.05) is 11.7 Å². The predicted molar refractivity (Wildman–Crippen MR) is 63.4 cm³/mol. The third-order valence-electron chi connectivity index (χ3n) is 2.62. The van der Waals surface area contributed by atoms with Crippen LogP contribution in [-0.4, -0.2) is 41.6 Å². The maximum Gasteiger partial charge on any atom is 0.138 e. The van der Waals surface area contributed by atoms with Crippen LogP contribution >= 0.6 is 0 Å². The Kier molecular flexibility index (Phi) is 6.03. The van der Waals surface area contributed by atoms with Gasteiger partial charge in [0.2, 0.25) is 0 Å². The molecule has 1 atom stereocenters. The number of aryl methyl sites for hydroxylation is 2. The lowest BCUT2D eigenvalue weighted by molar-refractivity contribution is 0.165. The van der Waals surface area contributed by atoms with E-state index >= 15 is 0 Å². The second-order valence-corrected chi connectivity index (χ2v) is 3.88. The number of nitrogens with zero attached hydrogens (tertiary/aromatic N) is 3. The van der Waals surface area contributed by atoms with E-state index in [-0.39, 0.29) is 0 Å². The molecule has 0 spiro atoms. The molecule has 5 nitrogen and oxygen atoms in total. The Morgan fingerprint density at radius 2 is 2.38 bits per heavy atom. The Morgan fingerprint density at radius 3 is 3.00 bits per heavy atom. The first-order valence-electron chi connectivity index (χ1n) is 5.84. The van der Waals surface area contributed by atoms with Crippen molar-refractivity contribution in [2.75, 3.05) is 20.8 Å². The van der Waals surface area contributed by atoms with Crippen LogP contribution in [0.2, 0.25) is 0 Å². The zero-order valence-electron chi connectivity index (χ0n) is 10.4. The summed E-state index contributed by atoms with van der Waals surface area (Å²) < 4.78 is 7.12. The van der Waals surface area contributed by atoms with E-state index in [2.05, 4.69) is 22.3 Å². The minimum absolute atomic E-state index is 0.386. The van der Waals surface area contributed by atoms with Gasteiger partial charge in [-0.3, -0.25) is 4.68 Å². The molecule has 0 aromatic carbocycles. The molecule has 92 valence electrons. The van der Waals surface area contributed by atoms with Crippen LogP contribution < -0.4 is 5.32 Å². The van der Waals surface area contributed by atoms with Gasteiger partial charge in [-0.2, -0.15) is 5.10 Å². The number of methoxy groups -OCH3 is 1. The summed E-state index contributed by atoms with van der Waals surface area (Å²) in [5.41, 5.74) is 0. The van der Waals surface area contributed by atoms with Crippen LogP contribution in [-0.2, 0) is 17.7 Å². The average molecular weight is 226 g/mol. The Bertz CT molecular complexity index is 287. The lowest BCUT2D eigenvalue weighted by Crippen LogP contribution is -2.30. The second kappa shape index (κ2) is 7.35. The Labute approximate surface area is 97.2 Å². The largest absolute Gasteiger partial charge is 0.383 e. The molecule has 1 heterocycles. The summed E-state index contributed by atoms with van der Waals surface area (Å²) in [6, 6.07) is 0.386. The number of rotatable bonds is 8. The van der Waals surface area contributed by atoms with Gasteiger partial charge >= 0.3 is 0 Å². The molecule has 1 unspecified atom stereocenters. The van der Waals surface area contributed by atoms with Crippen molar-refractivity contribution in [3.8, 4) is 0 Å². The minimum Gasteiger partial charge on any atom is -0.383 e. The van der Waals surface area contributed by atoms with Gasteiger partial charge in [0.15, 0.2) is 0 Å². The minimum atomic E-state index is 0.386. The summed E-state index contributed by atoms with van der Waals surface area (Å²) in [5.74, 6) is 1.07. The van der Waals surface area contributed by atoms with Crippen LogP contribution in [0.5, 0.6) is 0 Å². The van der Waals surface area contributed by atoms with Gasteiger partial charge in [-0.1, -0.05) is 6.92 Å². The normalized spacial score (nSPS) is 12.9. The fourth-order valence-electron chi connectivity index (χ4n) is 1.70. The van der Waals surface area contributed by atoms with E-state index < -0.39 is 0 Å². The topological polar surface area (TPSA) is 52.0 Å². The van der Waals surface area contributed by atoms with Gasteiger partial charge in [-0.15, -0.1) is 0 Å². The molecule has 1 rings (SSSR count). The van der Waals surface area contributed by atoms with Gasteiger partial charge < -0.3 is 10.1 Å². The highest BCUT2D eigenvalue weighted by atomic mass is 16.5. The van der Waals surface area contributed by atoms with Gasteiger partial charge in [-0.25, -0.2) is 4.98 Å². The second-order valence-electron chi connectivity index (χ2n) is 3.88. The lowest BCUT2D eigenvalue weighted by atomic mass is 10.1. The van der Waals surface area contributed by atoms with E-state index in [1.165, 1.54) is 0 Å². The van der Waals surface area contributed by atoms with Crippen LogP contribution in [0.4, 0.5) is 0 Å². The molecule has 1 aromatic heterocycles. The van der Waals surface area contributed by atoms with Gasteiger partial charge in [0.1, 0.15) is 12.2 Å². The van der Waals surface area contributed by atoms with Gasteiger partial charge in [0.25, 0.3) is 0 Å². The lowest BCUT2D eigenvalue weighted by Gasteiger charge is -2.14. The molecule has 1 N–H and O–H groups in total. The van der Waals surface area contributed by atoms with Crippen LogP contribution in [0.25, 0.3) is 0 Å². The van der Waals surface area contributed by atoms with Gasteiger partial charge in [-0.05, 0) is 19.9 Å². The van der Waals surface area contributed by atoms with Crippen LogP contribution in [0.3, 0.4) is 0 Å². The molecule has 0 aliphatic heterocycles. The fourth-order valence-corrected chi connectivity index (χ4v) is 1.70. The first kappa shape index (κ1) is 13.1. The fraction of sp³-hybridized carbons (Fsp3) is 0.818. The zero-order chi connectivity index (χ0) is 11.8. The molecule has 0 aliphatic rings. The van der Waals surface area contributed by atoms with Crippen molar-refractivity contribution in [2.24, 2.45) is 0 Å². The van der Waals surface area contributed by atoms with Crippen molar-refractivity contribution in [2.45, 2.75) is 38.8 Å². The molecule has 0 fully saturated rings. The van der Waals surface area contributed by atoms with Crippen LogP contribution in [0.15, 0.2) is 6.33 Å². The first-order chi connectivity index (χ1) is 7.81. The molecule has 5 heteroatoms. The van der Waals surface area contributed by atoms with Crippen molar-refractivity contribution in [3.63, 3.8) is 0 Å². The summed E-state index contributed by atoms with van der Waals surface area (Å²) in [6.07, 6.45) is 4.68. The van der Waals surface area contributed by atoms with E-state index in [9.17, 15) is 0 Å². The number of nitrogens with one attached hydrogen (secondary N) is 1. The molecule has 0 aliphatic carbocycles. The Balaban J connectivity index is 2.43. The SMILES string of the molecule is CCCn1ncnc1CCC(COC)NC. The molecule has 0 saturated carbocycles. The van der Waals surface area contributed by atoms with Crippen molar-refractivity contribution in [3.05, 3.63) is 12.2 Å². The van der Waals surface area contributed by atoms with E-state index in [1.54, 1.807) is 13.4 Å². The highest BCUT2D eigenvalue weighted by molar-refractivity contribution is 4.86. The summed E-state index contributed by atoms with van der Waals surface area (Å²) in [5, 5.41) is 7.44. The predicted octanol–water partition coefficient (Wildman–Crippen LogP) is 0.855. The monoisotopic (exact) mass is 226 g/mol. The quantitative estimate of drug-likeness (QED) is 0.714. The smallest absolute Gasteiger partial charge is 0.138 e. The van der Waals surface area contributed by atoms with E-state index in [0.717, 1.165) is 38.2 Å². The molecule has 1 aromatic rings. The highest BCUT2D eigenvalue weighted by Gasteiger charge is 2.09. The van der Waals surface area contributed by atoms with E-state index in [4.69, 9.17) is 4.74 Å². The third kappa shape index (κ3) is 3.90. The summed E-state index contributed by atoms with van der Waals surface area (Å²) in [7, 11) is 3.68. The van der Waals surface area contributed by atoms with Gasteiger partial charge in [0.05, 0.1) is 6.61 Å². The van der Waals surface area contributed by atoms with Crippen molar-refractivity contribution < 1.29 is 4.74 Å². The molecular formula is C11H22N4O. The molecule has 0 bridgehead atoms. The maximum absolute atomic E-state index is 5.14. The van der Waals surface area contributed by atoms with Crippen LogP contribution in [0.1, 0.15) is 25.6 Å². The number of hydrogen-bond donors (Lipinski definition) is 1. The van der Waals surface area contributed by atoms with E-state index in [0.29, 0.717) is 6.04 Å². The highest BCUT2D eigenvalue weighted by Crippen LogP contribution is 2.03. The molecule has 0 amide bonds. The maximum atomic E-state index is 5.14. The first-order valence-corrected chi connectivity index (χ1v) is 5.84. The average Bonchev–Trinajstić information content (AvgIpc) is 2.72. The molecule has 0 radical (unpaired) electrons. The number of aromatic nitrogens is 3. The number of hydrogen-bond acceptors (Lipinski definition) is 4. The molecular weight excluding hydrogens is 204 g/mol. The molecule has 16 heavy (non-hydrogen) atoms. The Hall–Kier alpha value is -0.940. The zero-order valence-corrected chi connectivity index (χ0v) is 10.4. The number of likely N-dealkylation sites (N-methyl/N-ethyl adjacent to an activating group) is 1.